The van der Waals surface area contributed by atoms with E-state index in [1.807, 2.05) is 19.1 Å². The van der Waals surface area contributed by atoms with E-state index in [4.69, 9.17) is 4.74 Å². The van der Waals surface area contributed by atoms with Gasteiger partial charge < -0.3 is 10.1 Å². The highest BCUT2D eigenvalue weighted by Gasteiger charge is 2.37. The molecule has 0 atom stereocenters. The molecule has 154 valence electrons. The predicted octanol–water partition coefficient (Wildman–Crippen LogP) is 3.01. The highest BCUT2D eigenvalue weighted by molar-refractivity contribution is 6.34. The molecule has 1 aliphatic heterocycles. The van der Waals surface area contributed by atoms with Gasteiger partial charge >= 0.3 is 5.97 Å². The molecule has 30 heavy (non-hydrogen) atoms. The average Bonchev–Trinajstić information content (AvgIpc) is 3.33. The lowest BCUT2D eigenvalue weighted by Crippen LogP contribution is -2.35. The number of rotatable bonds is 5. The molecular formula is C23H22N2O5. The van der Waals surface area contributed by atoms with Crippen LogP contribution in [0.2, 0.25) is 0 Å². The average molecular weight is 406 g/mol. The topological polar surface area (TPSA) is 92.8 Å². The number of amides is 3. The highest BCUT2D eigenvalue weighted by Crippen LogP contribution is 2.31. The lowest BCUT2D eigenvalue weighted by molar-refractivity contribution is -0.124. The largest absolute Gasteiger partial charge is 0.452 e. The molecule has 0 aromatic heterocycles. The maximum Gasteiger partial charge on any atom is 0.338 e. The smallest absolute Gasteiger partial charge is 0.338 e. The first-order valence-electron chi connectivity index (χ1n) is 10.0. The van der Waals surface area contributed by atoms with E-state index in [-0.39, 0.29) is 35.2 Å². The van der Waals surface area contributed by atoms with Crippen molar-refractivity contribution in [3.05, 3.63) is 64.7 Å². The number of carbonyl (C=O) groups is 4. The second-order valence-electron chi connectivity index (χ2n) is 7.62. The summed E-state index contributed by atoms with van der Waals surface area (Å²) in [7, 11) is 0. The van der Waals surface area contributed by atoms with E-state index in [1.165, 1.54) is 18.2 Å². The molecule has 0 spiro atoms. The van der Waals surface area contributed by atoms with Crippen LogP contribution >= 0.6 is 0 Å². The first kappa shape index (κ1) is 19.8. The number of nitrogens with one attached hydrogen (secondary N) is 1. The normalized spacial score (nSPS) is 16.0. The Morgan fingerprint density at radius 2 is 1.73 bits per heavy atom. The summed E-state index contributed by atoms with van der Waals surface area (Å²) < 4.78 is 5.09. The third-order valence-corrected chi connectivity index (χ3v) is 5.53. The lowest BCUT2D eigenvalue weighted by Gasteiger charge is -2.16. The summed E-state index contributed by atoms with van der Waals surface area (Å²) in [6.07, 6.45) is 4.06. The van der Waals surface area contributed by atoms with Crippen LogP contribution in [0.5, 0.6) is 0 Å². The van der Waals surface area contributed by atoms with Crippen molar-refractivity contribution in [1.82, 2.24) is 5.32 Å². The maximum atomic E-state index is 12.9. The van der Waals surface area contributed by atoms with E-state index >= 15 is 0 Å². The molecule has 0 bridgehead atoms. The fraction of sp³-hybridized carbons (Fsp3) is 0.304. The number of nitrogens with zero attached hydrogens (tertiary/aromatic N) is 1. The Balaban J connectivity index is 1.46. The van der Waals surface area contributed by atoms with E-state index in [0.717, 1.165) is 36.1 Å². The van der Waals surface area contributed by atoms with E-state index < -0.39 is 17.8 Å². The van der Waals surface area contributed by atoms with Gasteiger partial charge in [0.2, 0.25) is 0 Å². The molecule has 1 aliphatic carbocycles. The first-order valence-corrected chi connectivity index (χ1v) is 10.0. The number of esters is 1. The summed E-state index contributed by atoms with van der Waals surface area (Å²) in [6, 6.07) is 11.5. The van der Waals surface area contributed by atoms with Crippen LogP contribution in [0.3, 0.4) is 0 Å². The second kappa shape index (κ2) is 8.10. The summed E-state index contributed by atoms with van der Waals surface area (Å²) in [5, 5.41) is 2.85. The summed E-state index contributed by atoms with van der Waals surface area (Å²) in [5.41, 5.74) is 1.80. The van der Waals surface area contributed by atoms with Gasteiger partial charge in [-0.2, -0.15) is 0 Å². The van der Waals surface area contributed by atoms with E-state index in [0.29, 0.717) is 5.69 Å². The van der Waals surface area contributed by atoms with Gasteiger partial charge in [-0.3, -0.25) is 14.4 Å². The van der Waals surface area contributed by atoms with E-state index in [9.17, 15) is 19.2 Å². The van der Waals surface area contributed by atoms with Crippen LogP contribution in [0.4, 0.5) is 5.69 Å². The van der Waals surface area contributed by atoms with Crippen LogP contribution in [-0.2, 0) is 9.53 Å². The van der Waals surface area contributed by atoms with Gasteiger partial charge in [0, 0.05) is 6.04 Å². The Labute approximate surface area is 174 Å². The minimum atomic E-state index is -0.714. The van der Waals surface area contributed by atoms with Crippen molar-refractivity contribution in [2.75, 3.05) is 11.5 Å². The van der Waals surface area contributed by atoms with Gasteiger partial charge in [-0.1, -0.05) is 31.0 Å². The Morgan fingerprint density at radius 3 is 2.47 bits per heavy atom. The van der Waals surface area contributed by atoms with Gasteiger partial charge in [-0.15, -0.1) is 0 Å². The molecule has 1 heterocycles. The third-order valence-electron chi connectivity index (χ3n) is 5.53. The number of ether oxygens (including phenoxy) is 1. The van der Waals surface area contributed by atoms with Crippen molar-refractivity contribution in [3.8, 4) is 0 Å². The maximum absolute atomic E-state index is 12.9. The zero-order chi connectivity index (χ0) is 21.3. The SMILES string of the molecule is Cc1ccccc1N1C(=O)c2ccc(C(=O)OCC(=O)NC3CCCC3)cc2C1=O. The third kappa shape index (κ3) is 3.70. The molecule has 4 rings (SSSR count). The molecule has 0 saturated heterocycles. The molecule has 1 N–H and O–H groups in total. The van der Waals surface area contributed by atoms with Gasteiger partial charge in [0.1, 0.15) is 0 Å². The Bertz CT molecular complexity index is 1040. The number of fused-ring (bicyclic) bond motifs is 1. The minimum absolute atomic E-state index is 0.121. The lowest BCUT2D eigenvalue weighted by atomic mass is 10.1. The Kier molecular flexibility index (Phi) is 5.35. The Morgan fingerprint density at radius 1 is 1.03 bits per heavy atom. The van der Waals surface area contributed by atoms with Crippen molar-refractivity contribution in [3.63, 3.8) is 0 Å². The number of aryl methyl sites for hydroxylation is 1. The highest BCUT2D eigenvalue weighted by atomic mass is 16.5. The Hall–Kier alpha value is -3.48. The molecule has 7 nitrogen and oxygen atoms in total. The van der Waals surface area contributed by atoms with E-state index in [1.54, 1.807) is 12.1 Å². The molecule has 0 unspecified atom stereocenters. The van der Waals surface area contributed by atoms with E-state index in [2.05, 4.69) is 5.32 Å². The number of benzene rings is 2. The van der Waals surface area contributed by atoms with Crippen LogP contribution in [0, 0.1) is 6.92 Å². The van der Waals surface area contributed by atoms with Gasteiger partial charge in [0.25, 0.3) is 17.7 Å². The van der Waals surface area contributed by atoms with Crippen LogP contribution in [-0.4, -0.2) is 36.3 Å². The minimum Gasteiger partial charge on any atom is -0.452 e. The summed E-state index contributed by atoms with van der Waals surface area (Å²) >= 11 is 0. The van der Waals surface area contributed by atoms with Crippen LogP contribution in [0.25, 0.3) is 0 Å². The van der Waals surface area contributed by atoms with Crippen molar-refractivity contribution in [1.29, 1.82) is 0 Å². The van der Waals surface area contributed by atoms with Gasteiger partial charge in [-0.25, -0.2) is 9.69 Å². The van der Waals surface area contributed by atoms with Crippen LogP contribution < -0.4 is 10.2 Å². The van der Waals surface area contributed by atoms with Gasteiger partial charge in [0.05, 0.1) is 22.4 Å². The van der Waals surface area contributed by atoms with Crippen molar-refractivity contribution >= 4 is 29.4 Å². The standard InChI is InChI=1S/C23H22N2O5/c1-14-6-2-5-9-19(14)25-21(27)17-11-10-15(12-18(17)22(25)28)23(29)30-13-20(26)24-16-7-3-4-8-16/h2,5-6,9-12,16H,3-4,7-8,13H2,1H3,(H,24,26). The molecule has 7 heteroatoms. The number of carbonyl (C=O) groups excluding carboxylic acids is 4. The number of para-hydroxylation sites is 1. The molecule has 3 amide bonds. The number of hydrogen-bond acceptors (Lipinski definition) is 5. The molecule has 1 saturated carbocycles. The summed E-state index contributed by atoms with van der Waals surface area (Å²) in [4.78, 5) is 51.1. The van der Waals surface area contributed by atoms with Crippen LogP contribution in [0.1, 0.15) is 62.3 Å². The monoisotopic (exact) mass is 406 g/mol. The van der Waals surface area contributed by atoms with Gasteiger partial charge in [0.15, 0.2) is 6.61 Å². The predicted molar refractivity (Wildman–Crippen MR) is 109 cm³/mol. The quantitative estimate of drug-likeness (QED) is 0.609. The molecule has 2 aromatic carbocycles. The second-order valence-corrected chi connectivity index (χ2v) is 7.62. The summed E-state index contributed by atoms with van der Waals surface area (Å²) in [6.45, 7) is 1.44. The summed E-state index contributed by atoms with van der Waals surface area (Å²) in [5.74, 6) is -1.97. The molecule has 1 fully saturated rings. The van der Waals surface area contributed by atoms with Gasteiger partial charge in [-0.05, 0) is 49.6 Å². The molecule has 0 radical (unpaired) electrons. The fourth-order valence-corrected chi connectivity index (χ4v) is 3.95. The van der Waals surface area contributed by atoms with Crippen molar-refractivity contribution in [2.24, 2.45) is 0 Å². The molecule has 2 aromatic rings. The van der Waals surface area contributed by atoms with Crippen molar-refractivity contribution < 1.29 is 23.9 Å². The number of anilines is 1. The zero-order valence-corrected chi connectivity index (χ0v) is 16.6. The number of imide groups is 1. The molecular weight excluding hydrogens is 384 g/mol. The fourth-order valence-electron chi connectivity index (χ4n) is 3.95. The number of hydrogen-bond donors (Lipinski definition) is 1. The van der Waals surface area contributed by atoms with Crippen LogP contribution in [0.15, 0.2) is 42.5 Å². The zero-order valence-electron chi connectivity index (χ0n) is 16.6. The molecule has 2 aliphatic rings. The first-order chi connectivity index (χ1) is 14.5. The van der Waals surface area contributed by atoms with Crippen molar-refractivity contribution in [2.45, 2.75) is 38.6 Å².